The maximum Gasteiger partial charge on any atom is 0.0798 e. The summed E-state index contributed by atoms with van der Waals surface area (Å²) >= 11 is 3.84. The first-order valence-electron chi connectivity index (χ1n) is 6.14. The number of hydrogen-bond acceptors (Lipinski definition) is 5. The van der Waals surface area contributed by atoms with Crippen LogP contribution in [0.3, 0.4) is 0 Å². The lowest BCUT2D eigenvalue weighted by Crippen LogP contribution is -2.39. The standard InChI is InChI=1S/C12H21N3S2/c1-10-12(17-9-14-10)7-15(2)5-3-11-8-16-6-4-13-11/h9,11,13H,3-8H2,1-2H3. The number of aryl methyl sites for hydroxylation is 1. The normalized spacial score (nSPS) is 21.0. The third-order valence-electron chi connectivity index (χ3n) is 3.12. The van der Waals surface area contributed by atoms with Crippen molar-refractivity contribution in [3.05, 3.63) is 16.1 Å². The Balaban J connectivity index is 1.70. The molecule has 1 aliphatic rings. The van der Waals surface area contributed by atoms with Crippen molar-refractivity contribution in [2.75, 3.05) is 31.6 Å². The molecule has 1 aromatic heterocycles. The van der Waals surface area contributed by atoms with Crippen molar-refractivity contribution >= 4 is 23.1 Å². The van der Waals surface area contributed by atoms with Crippen molar-refractivity contribution in [1.29, 1.82) is 0 Å². The summed E-state index contributed by atoms with van der Waals surface area (Å²) in [7, 11) is 2.20. The topological polar surface area (TPSA) is 28.2 Å². The highest BCUT2D eigenvalue weighted by molar-refractivity contribution is 7.99. The van der Waals surface area contributed by atoms with Gasteiger partial charge < -0.3 is 10.2 Å². The minimum absolute atomic E-state index is 0.707. The van der Waals surface area contributed by atoms with E-state index in [0.29, 0.717) is 6.04 Å². The minimum Gasteiger partial charge on any atom is -0.312 e. The van der Waals surface area contributed by atoms with Gasteiger partial charge >= 0.3 is 0 Å². The maximum atomic E-state index is 4.30. The number of thioether (sulfide) groups is 1. The molecule has 5 heteroatoms. The van der Waals surface area contributed by atoms with Crippen molar-refractivity contribution in [3.63, 3.8) is 0 Å². The third kappa shape index (κ3) is 4.25. The lowest BCUT2D eigenvalue weighted by Gasteiger charge is -2.25. The average molecular weight is 271 g/mol. The van der Waals surface area contributed by atoms with Gasteiger partial charge in [0.25, 0.3) is 0 Å². The fourth-order valence-electron chi connectivity index (χ4n) is 1.98. The van der Waals surface area contributed by atoms with Gasteiger partial charge in [-0.1, -0.05) is 0 Å². The third-order valence-corrected chi connectivity index (χ3v) is 5.17. The molecule has 1 N–H and O–H groups in total. The van der Waals surface area contributed by atoms with Crippen molar-refractivity contribution in [2.24, 2.45) is 0 Å². The number of nitrogens with one attached hydrogen (secondary N) is 1. The molecule has 0 aliphatic carbocycles. The largest absolute Gasteiger partial charge is 0.312 e. The molecule has 0 saturated carbocycles. The van der Waals surface area contributed by atoms with E-state index in [4.69, 9.17) is 0 Å². The molecule has 17 heavy (non-hydrogen) atoms. The Morgan fingerprint density at radius 1 is 1.59 bits per heavy atom. The molecule has 0 aromatic carbocycles. The van der Waals surface area contributed by atoms with E-state index in [9.17, 15) is 0 Å². The van der Waals surface area contributed by atoms with E-state index >= 15 is 0 Å². The van der Waals surface area contributed by atoms with Crippen molar-refractivity contribution in [1.82, 2.24) is 15.2 Å². The number of hydrogen-bond donors (Lipinski definition) is 1. The first kappa shape index (κ1) is 13.3. The Bertz CT molecular complexity index is 334. The molecule has 1 unspecified atom stereocenters. The Morgan fingerprint density at radius 2 is 2.47 bits per heavy atom. The quantitative estimate of drug-likeness (QED) is 0.886. The molecular formula is C12H21N3S2. The zero-order valence-corrected chi connectivity index (χ0v) is 12.2. The van der Waals surface area contributed by atoms with E-state index in [-0.39, 0.29) is 0 Å². The molecule has 1 fully saturated rings. The second-order valence-corrected chi connectivity index (χ2v) is 6.70. The predicted molar refractivity (Wildman–Crippen MR) is 76.9 cm³/mol. The fourth-order valence-corrected chi connectivity index (χ4v) is 3.84. The highest BCUT2D eigenvalue weighted by atomic mass is 32.2. The van der Waals surface area contributed by atoms with Crippen LogP contribution in [0.2, 0.25) is 0 Å². The number of aromatic nitrogens is 1. The van der Waals surface area contributed by atoms with Crippen LogP contribution < -0.4 is 5.32 Å². The highest BCUT2D eigenvalue weighted by Gasteiger charge is 2.13. The number of rotatable bonds is 5. The predicted octanol–water partition coefficient (Wildman–Crippen LogP) is 1.98. The molecule has 0 radical (unpaired) electrons. The van der Waals surface area contributed by atoms with Crippen molar-refractivity contribution in [2.45, 2.75) is 25.9 Å². The first-order valence-corrected chi connectivity index (χ1v) is 8.18. The number of nitrogens with zero attached hydrogens (tertiary/aromatic N) is 2. The van der Waals surface area contributed by atoms with Crippen LogP contribution >= 0.6 is 23.1 Å². The second kappa shape index (κ2) is 6.73. The molecule has 96 valence electrons. The van der Waals surface area contributed by atoms with Crippen LogP contribution in [-0.2, 0) is 6.54 Å². The van der Waals surface area contributed by atoms with E-state index in [1.54, 1.807) is 11.3 Å². The molecule has 0 bridgehead atoms. The van der Waals surface area contributed by atoms with Crippen molar-refractivity contribution < 1.29 is 0 Å². The van der Waals surface area contributed by atoms with Crippen LogP contribution in [0.15, 0.2) is 5.51 Å². The van der Waals surface area contributed by atoms with Gasteiger partial charge in [0.1, 0.15) is 0 Å². The molecule has 1 saturated heterocycles. The van der Waals surface area contributed by atoms with E-state index in [1.165, 1.54) is 35.0 Å². The summed E-state index contributed by atoms with van der Waals surface area (Å²) in [5.41, 5.74) is 3.13. The summed E-state index contributed by atoms with van der Waals surface area (Å²) < 4.78 is 0. The zero-order valence-electron chi connectivity index (χ0n) is 10.6. The Kier molecular flexibility index (Phi) is 5.28. The average Bonchev–Trinajstić information content (AvgIpc) is 2.74. The molecule has 1 atom stereocenters. The monoisotopic (exact) mass is 271 g/mol. The highest BCUT2D eigenvalue weighted by Crippen LogP contribution is 2.15. The van der Waals surface area contributed by atoms with E-state index in [1.807, 2.05) is 5.51 Å². The lowest BCUT2D eigenvalue weighted by atomic mass is 10.2. The summed E-state index contributed by atoms with van der Waals surface area (Å²) in [6.07, 6.45) is 1.25. The van der Waals surface area contributed by atoms with Gasteiger partial charge in [0.05, 0.1) is 11.2 Å². The summed E-state index contributed by atoms with van der Waals surface area (Å²) in [5.74, 6) is 2.54. The van der Waals surface area contributed by atoms with E-state index in [0.717, 1.165) is 13.1 Å². The molecule has 0 spiro atoms. The molecular weight excluding hydrogens is 250 g/mol. The summed E-state index contributed by atoms with van der Waals surface area (Å²) in [6.45, 7) is 5.47. The molecule has 2 heterocycles. The SMILES string of the molecule is Cc1ncsc1CN(C)CCC1CSCCN1. The fraction of sp³-hybridized carbons (Fsp3) is 0.750. The lowest BCUT2D eigenvalue weighted by molar-refractivity contribution is 0.306. The van der Waals surface area contributed by atoms with Gasteiger partial charge in [0, 0.05) is 35.5 Å². The Morgan fingerprint density at radius 3 is 3.12 bits per heavy atom. The van der Waals surface area contributed by atoms with Gasteiger partial charge in [-0.25, -0.2) is 4.98 Å². The van der Waals surface area contributed by atoms with Crippen molar-refractivity contribution in [3.8, 4) is 0 Å². The van der Waals surface area contributed by atoms with E-state index in [2.05, 4.69) is 40.9 Å². The minimum atomic E-state index is 0.707. The Labute approximate surface area is 112 Å². The maximum absolute atomic E-state index is 4.30. The Hall–Kier alpha value is -0.100. The summed E-state index contributed by atoms with van der Waals surface area (Å²) in [6, 6.07) is 0.707. The molecule has 1 aromatic rings. The molecule has 2 rings (SSSR count). The van der Waals surface area contributed by atoms with Gasteiger partial charge in [0.2, 0.25) is 0 Å². The van der Waals surface area contributed by atoms with Crippen LogP contribution in [0.25, 0.3) is 0 Å². The van der Waals surface area contributed by atoms with E-state index < -0.39 is 0 Å². The van der Waals surface area contributed by atoms with Gasteiger partial charge in [0.15, 0.2) is 0 Å². The first-order chi connectivity index (χ1) is 8.25. The summed E-state index contributed by atoms with van der Waals surface area (Å²) in [5, 5.41) is 3.59. The summed E-state index contributed by atoms with van der Waals surface area (Å²) in [4.78, 5) is 8.10. The van der Waals surface area contributed by atoms with Gasteiger partial charge in [-0.15, -0.1) is 11.3 Å². The number of thiazole rings is 1. The van der Waals surface area contributed by atoms with Gasteiger partial charge in [-0.3, -0.25) is 0 Å². The smallest absolute Gasteiger partial charge is 0.0798 e. The van der Waals surface area contributed by atoms with Gasteiger partial charge in [-0.2, -0.15) is 11.8 Å². The molecule has 3 nitrogen and oxygen atoms in total. The van der Waals surface area contributed by atoms with Crippen LogP contribution in [0, 0.1) is 6.92 Å². The molecule has 0 amide bonds. The van der Waals surface area contributed by atoms with Gasteiger partial charge in [-0.05, 0) is 26.9 Å². The van der Waals surface area contributed by atoms with Crippen LogP contribution in [-0.4, -0.2) is 47.6 Å². The van der Waals surface area contributed by atoms with Crippen LogP contribution in [0.5, 0.6) is 0 Å². The zero-order chi connectivity index (χ0) is 12.1. The second-order valence-electron chi connectivity index (χ2n) is 4.61. The molecule has 1 aliphatic heterocycles. The van der Waals surface area contributed by atoms with Crippen LogP contribution in [0.1, 0.15) is 17.0 Å². The van der Waals surface area contributed by atoms with Crippen LogP contribution in [0.4, 0.5) is 0 Å².